The number of ether oxygens (including phenoxy) is 3. The maximum atomic E-state index is 12.8. The van der Waals surface area contributed by atoms with Crippen LogP contribution in [0.5, 0.6) is 11.5 Å². The molecule has 30 heavy (non-hydrogen) atoms. The summed E-state index contributed by atoms with van der Waals surface area (Å²) in [5.41, 5.74) is 3.06. The Hall–Kier alpha value is -2.57. The van der Waals surface area contributed by atoms with Crippen LogP contribution in [0, 0.1) is 0 Å². The summed E-state index contributed by atoms with van der Waals surface area (Å²) in [6.45, 7) is 10.3. The van der Waals surface area contributed by atoms with Gasteiger partial charge in [-0.2, -0.15) is 0 Å². The van der Waals surface area contributed by atoms with Gasteiger partial charge in [-0.3, -0.25) is 9.69 Å². The van der Waals surface area contributed by atoms with Crippen molar-refractivity contribution in [2.45, 2.75) is 32.2 Å². The highest BCUT2D eigenvalue weighted by Gasteiger charge is 2.25. The first kappa shape index (κ1) is 20.7. The Morgan fingerprint density at radius 3 is 2.43 bits per heavy atom. The molecule has 1 amide bonds. The second-order valence-electron chi connectivity index (χ2n) is 8.81. The van der Waals surface area contributed by atoms with Gasteiger partial charge in [0.25, 0.3) is 5.91 Å². The Balaban J connectivity index is 1.48. The van der Waals surface area contributed by atoms with Crippen molar-refractivity contribution in [2.24, 2.45) is 0 Å². The molecule has 1 N–H and O–H groups in total. The van der Waals surface area contributed by atoms with Crippen molar-refractivity contribution in [1.29, 1.82) is 0 Å². The molecule has 0 aromatic heterocycles. The summed E-state index contributed by atoms with van der Waals surface area (Å²) in [6.07, 6.45) is 0. The molecule has 2 heterocycles. The zero-order valence-electron chi connectivity index (χ0n) is 17.9. The van der Waals surface area contributed by atoms with E-state index >= 15 is 0 Å². The van der Waals surface area contributed by atoms with Crippen molar-refractivity contribution in [3.05, 3.63) is 59.2 Å². The predicted molar refractivity (Wildman–Crippen MR) is 115 cm³/mol. The molecule has 2 aliphatic rings. The Morgan fingerprint density at radius 2 is 1.73 bits per heavy atom. The van der Waals surface area contributed by atoms with Gasteiger partial charge >= 0.3 is 0 Å². The molecule has 0 aliphatic carbocycles. The van der Waals surface area contributed by atoms with E-state index in [1.54, 1.807) is 0 Å². The minimum atomic E-state index is -0.0607. The number of amides is 1. The summed E-state index contributed by atoms with van der Waals surface area (Å²) < 4.78 is 16.5. The van der Waals surface area contributed by atoms with Crippen molar-refractivity contribution in [3.8, 4) is 11.5 Å². The molecule has 1 unspecified atom stereocenters. The van der Waals surface area contributed by atoms with Gasteiger partial charge in [0.1, 0.15) is 0 Å². The summed E-state index contributed by atoms with van der Waals surface area (Å²) in [4.78, 5) is 15.2. The van der Waals surface area contributed by atoms with Crippen LogP contribution in [0.15, 0.2) is 42.5 Å². The van der Waals surface area contributed by atoms with Crippen LogP contribution in [0.1, 0.15) is 48.3 Å². The van der Waals surface area contributed by atoms with Crippen LogP contribution < -0.4 is 14.8 Å². The van der Waals surface area contributed by atoms with Crippen molar-refractivity contribution >= 4 is 5.91 Å². The molecule has 6 heteroatoms. The lowest BCUT2D eigenvalue weighted by molar-refractivity contribution is 0.0162. The molecular formula is C24H30N2O4. The van der Waals surface area contributed by atoms with Crippen LogP contribution in [-0.4, -0.2) is 50.4 Å². The Labute approximate surface area is 178 Å². The second kappa shape index (κ2) is 8.66. The number of hydrogen-bond acceptors (Lipinski definition) is 5. The number of nitrogens with one attached hydrogen (secondary N) is 1. The van der Waals surface area contributed by atoms with E-state index in [0.717, 1.165) is 30.2 Å². The average molecular weight is 411 g/mol. The Morgan fingerprint density at radius 1 is 1.03 bits per heavy atom. The molecule has 6 nitrogen and oxygen atoms in total. The molecule has 0 saturated carbocycles. The highest BCUT2D eigenvalue weighted by atomic mass is 16.7. The van der Waals surface area contributed by atoms with Crippen LogP contribution in [0.25, 0.3) is 0 Å². The van der Waals surface area contributed by atoms with Gasteiger partial charge in [-0.1, -0.05) is 39.0 Å². The summed E-state index contributed by atoms with van der Waals surface area (Å²) >= 11 is 0. The smallest absolute Gasteiger partial charge is 0.251 e. The molecule has 2 aromatic carbocycles. The highest BCUT2D eigenvalue weighted by Crippen LogP contribution is 2.35. The van der Waals surface area contributed by atoms with Crippen LogP contribution in [0.2, 0.25) is 0 Å². The largest absolute Gasteiger partial charge is 0.454 e. The van der Waals surface area contributed by atoms with Gasteiger partial charge in [-0.05, 0) is 40.8 Å². The number of carbonyl (C=O) groups excluding carboxylic acids is 1. The Kier molecular flexibility index (Phi) is 5.97. The molecule has 1 saturated heterocycles. The fourth-order valence-corrected chi connectivity index (χ4v) is 3.88. The van der Waals surface area contributed by atoms with E-state index in [9.17, 15) is 4.79 Å². The van der Waals surface area contributed by atoms with Crippen LogP contribution in [0.4, 0.5) is 0 Å². The number of hydrogen-bond donors (Lipinski definition) is 1. The van der Waals surface area contributed by atoms with Crippen molar-refractivity contribution in [2.75, 3.05) is 39.6 Å². The second-order valence-corrected chi connectivity index (χ2v) is 8.81. The van der Waals surface area contributed by atoms with Crippen molar-refractivity contribution in [3.63, 3.8) is 0 Å². The molecule has 2 aromatic rings. The molecule has 1 atom stereocenters. The van der Waals surface area contributed by atoms with E-state index < -0.39 is 0 Å². The SMILES string of the molecule is CC(C)(C)c1ccc(C(=O)NCC(c2ccc3c(c2)OCO3)N2CCOCC2)cc1. The van der Waals surface area contributed by atoms with Crippen molar-refractivity contribution < 1.29 is 19.0 Å². The number of carbonyl (C=O) groups is 1. The Bertz CT molecular complexity index is 883. The minimum Gasteiger partial charge on any atom is -0.454 e. The normalized spacial score (nSPS) is 17.6. The van der Waals surface area contributed by atoms with E-state index in [1.165, 1.54) is 5.56 Å². The third-order valence-corrected chi connectivity index (χ3v) is 5.74. The van der Waals surface area contributed by atoms with Crippen LogP contribution >= 0.6 is 0 Å². The fraction of sp³-hybridized carbons (Fsp3) is 0.458. The number of benzene rings is 2. The first-order valence-electron chi connectivity index (χ1n) is 10.5. The third kappa shape index (κ3) is 4.60. The summed E-state index contributed by atoms with van der Waals surface area (Å²) in [7, 11) is 0. The van der Waals surface area contributed by atoms with Crippen molar-refractivity contribution in [1.82, 2.24) is 10.2 Å². The topological polar surface area (TPSA) is 60.0 Å². The molecule has 2 aliphatic heterocycles. The first-order valence-corrected chi connectivity index (χ1v) is 10.5. The summed E-state index contributed by atoms with van der Waals surface area (Å²) in [5, 5.41) is 3.13. The van der Waals surface area contributed by atoms with Gasteiger partial charge in [0.15, 0.2) is 11.5 Å². The van der Waals surface area contributed by atoms with Crippen LogP contribution in [0.3, 0.4) is 0 Å². The zero-order valence-corrected chi connectivity index (χ0v) is 17.9. The average Bonchev–Trinajstić information content (AvgIpc) is 3.22. The molecular weight excluding hydrogens is 380 g/mol. The summed E-state index contributed by atoms with van der Waals surface area (Å²) in [5.74, 6) is 1.46. The molecule has 1 fully saturated rings. The standard InChI is InChI=1S/C24H30N2O4/c1-24(2,3)19-7-4-17(5-8-19)23(27)25-15-20(26-10-12-28-13-11-26)18-6-9-21-22(14-18)30-16-29-21/h4-9,14,20H,10-13,15-16H2,1-3H3,(H,25,27). The molecule has 4 rings (SSSR count). The predicted octanol–water partition coefficient (Wildman–Crippen LogP) is 3.52. The quantitative estimate of drug-likeness (QED) is 0.817. The lowest BCUT2D eigenvalue weighted by Crippen LogP contribution is -2.43. The molecule has 0 spiro atoms. The van der Waals surface area contributed by atoms with E-state index in [0.29, 0.717) is 25.3 Å². The van der Waals surface area contributed by atoms with Gasteiger partial charge in [-0.25, -0.2) is 0 Å². The van der Waals surface area contributed by atoms with E-state index in [1.807, 2.05) is 36.4 Å². The molecule has 160 valence electrons. The van der Waals surface area contributed by atoms with Gasteiger partial charge < -0.3 is 19.5 Å². The number of fused-ring (bicyclic) bond motifs is 1. The maximum Gasteiger partial charge on any atom is 0.251 e. The van der Waals surface area contributed by atoms with E-state index in [2.05, 4.69) is 37.1 Å². The van der Waals surface area contributed by atoms with Gasteiger partial charge in [0, 0.05) is 25.2 Å². The monoisotopic (exact) mass is 410 g/mol. The van der Waals surface area contributed by atoms with Gasteiger partial charge in [0.2, 0.25) is 6.79 Å². The number of rotatable bonds is 5. The lowest BCUT2D eigenvalue weighted by atomic mass is 9.87. The van der Waals surface area contributed by atoms with E-state index in [-0.39, 0.29) is 24.2 Å². The third-order valence-electron chi connectivity index (χ3n) is 5.74. The first-order chi connectivity index (χ1) is 14.4. The highest BCUT2D eigenvalue weighted by molar-refractivity contribution is 5.94. The lowest BCUT2D eigenvalue weighted by Gasteiger charge is -2.35. The minimum absolute atomic E-state index is 0.0428. The fourth-order valence-electron chi connectivity index (χ4n) is 3.88. The van der Waals surface area contributed by atoms with Gasteiger partial charge in [0.05, 0.1) is 19.3 Å². The summed E-state index contributed by atoms with van der Waals surface area (Å²) in [6, 6.07) is 13.9. The maximum absolute atomic E-state index is 12.8. The molecule has 0 bridgehead atoms. The number of nitrogens with zero attached hydrogens (tertiary/aromatic N) is 1. The van der Waals surface area contributed by atoms with Crippen LogP contribution in [-0.2, 0) is 10.2 Å². The zero-order chi connectivity index (χ0) is 21.1. The number of morpholine rings is 1. The van der Waals surface area contributed by atoms with E-state index in [4.69, 9.17) is 14.2 Å². The molecule has 0 radical (unpaired) electrons. The van der Waals surface area contributed by atoms with Gasteiger partial charge in [-0.15, -0.1) is 0 Å².